The zero-order valence-electron chi connectivity index (χ0n) is 18.1. The van der Waals surface area contributed by atoms with E-state index in [-0.39, 0.29) is 24.9 Å². The zero-order valence-corrected chi connectivity index (χ0v) is 18.9. The van der Waals surface area contributed by atoms with Gasteiger partial charge in [-0.15, -0.1) is 4.90 Å². The lowest BCUT2D eigenvalue weighted by molar-refractivity contribution is -0.414. The van der Waals surface area contributed by atoms with E-state index in [1.54, 1.807) is 36.4 Å². The molecule has 0 radical (unpaired) electrons. The van der Waals surface area contributed by atoms with Gasteiger partial charge < -0.3 is 14.5 Å². The van der Waals surface area contributed by atoms with Gasteiger partial charge in [0.1, 0.15) is 17.2 Å². The number of hydrogen-bond donors (Lipinski definition) is 1. The number of rotatable bonds is 7. The highest BCUT2D eigenvalue weighted by molar-refractivity contribution is 8.17. The van der Waals surface area contributed by atoms with Crippen molar-refractivity contribution < 1.29 is 28.1 Å². The first-order valence-corrected chi connectivity index (χ1v) is 11.1. The minimum Gasteiger partial charge on any atom is -0.494 e. The fourth-order valence-corrected chi connectivity index (χ4v) is 4.91. The monoisotopic (exact) mass is 454 g/mol. The van der Waals surface area contributed by atoms with Crippen LogP contribution in [0.3, 0.4) is 0 Å². The molecule has 2 aliphatic rings. The molecule has 0 fully saturated rings. The van der Waals surface area contributed by atoms with Crippen molar-refractivity contribution in [2.45, 2.75) is 27.3 Å². The van der Waals surface area contributed by atoms with Gasteiger partial charge in [0.15, 0.2) is 17.5 Å². The molecule has 32 heavy (non-hydrogen) atoms. The number of amides is 4. The standard InChI is InChI=1S/C23H23N3O5S/c1-4-30-17-9-7-16(8-10-17)26-21(28)20-14(2)15(3)32-22(20)25(23(26)29)13-19(27)24-12-18-6-5-11-31-18/h5-11,20H,4,12-13H2,1-3H3/p+1. The molecule has 1 N–H and O–H groups in total. The quantitative estimate of drug-likeness (QED) is 0.644. The molecular formula is C23H24N3O5S+. The van der Waals surface area contributed by atoms with E-state index in [9.17, 15) is 14.4 Å². The lowest BCUT2D eigenvalue weighted by atomic mass is 9.98. The molecule has 9 heteroatoms. The Morgan fingerprint density at radius 2 is 1.97 bits per heavy atom. The van der Waals surface area contributed by atoms with E-state index < -0.39 is 11.9 Å². The Kier molecular flexibility index (Phi) is 6.18. The zero-order chi connectivity index (χ0) is 22.8. The fourth-order valence-electron chi connectivity index (χ4n) is 3.66. The van der Waals surface area contributed by atoms with E-state index in [0.717, 1.165) is 15.4 Å². The van der Waals surface area contributed by atoms with Crippen LogP contribution in [0.4, 0.5) is 10.5 Å². The summed E-state index contributed by atoms with van der Waals surface area (Å²) in [6.07, 6.45) is 1.53. The summed E-state index contributed by atoms with van der Waals surface area (Å²) in [7, 11) is 0. The summed E-state index contributed by atoms with van der Waals surface area (Å²) in [5.41, 5.74) is 1.32. The summed E-state index contributed by atoms with van der Waals surface area (Å²) in [6.45, 7) is 6.23. The number of nitrogens with one attached hydrogen (secondary N) is 1. The minimum absolute atomic E-state index is 0.195. The molecule has 1 aromatic heterocycles. The fraction of sp³-hybridized carbons (Fsp3) is 0.304. The van der Waals surface area contributed by atoms with Crippen molar-refractivity contribution in [3.05, 3.63) is 58.9 Å². The molecular weight excluding hydrogens is 430 g/mol. The van der Waals surface area contributed by atoms with Crippen LogP contribution in [-0.4, -0.2) is 40.6 Å². The SMILES string of the molecule is CCOc1ccc(N2C(=O)C3C(C)=C(C)SC3=[N+](CC(=O)NCc3ccco3)C2=O)cc1. The van der Waals surface area contributed by atoms with Crippen LogP contribution in [0, 0.1) is 5.92 Å². The number of ether oxygens (including phenoxy) is 1. The number of urea groups is 1. The van der Waals surface area contributed by atoms with Crippen LogP contribution < -0.4 is 15.0 Å². The van der Waals surface area contributed by atoms with Gasteiger partial charge >= 0.3 is 11.9 Å². The van der Waals surface area contributed by atoms with E-state index in [0.29, 0.717) is 28.8 Å². The predicted octanol–water partition coefficient (Wildman–Crippen LogP) is 3.53. The van der Waals surface area contributed by atoms with Crippen LogP contribution in [0.15, 0.2) is 57.6 Å². The first kappa shape index (κ1) is 21.9. The molecule has 1 atom stereocenters. The van der Waals surface area contributed by atoms with Crippen molar-refractivity contribution in [1.29, 1.82) is 0 Å². The maximum atomic E-state index is 13.4. The maximum absolute atomic E-state index is 13.4. The van der Waals surface area contributed by atoms with E-state index >= 15 is 0 Å². The van der Waals surface area contributed by atoms with E-state index in [1.165, 1.54) is 22.6 Å². The van der Waals surface area contributed by atoms with Crippen LogP contribution in [0.25, 0.3) is 0 Å². The Hall–Kier alpha value is -3.33. The number of fused-ring (bicyclic) bond motifs is 1. The van der Waals surface area contributed by atoms with Gasteiger partial charge in [0.05, 0.1) is 19.4 Å². The van der Waals surface area contributed by atoms with Crippen molar-refractivity contribution in [3.8, 4) is 5.75 Å². The number of furan rings is 1. The average Bonchev–Trinajstić information content (AvgIpc) is 3.39. The van der Waals surface area contributed by atoms with Gasteiger partial charge in [-0.3, -0.25) is 4.79 Å². The van der Waals surface area contributed by atoms with Gasteiger partial charge in [-0.2, -0.15) is 9.37 Å². The van der Waals surface area contributed by atoms with Gasteiger partial charge in [-0.1, -0.05) is 11.8 Å². The van der Waals surface area contributed by atoms with Crippen LogP contribution in [0.2, 0.25) is 0 Å². The molecule has 0 aliphatic carbocycles. The Labute approximate surface area is 189 Å². The third-order valence-electron chi connectivity index (χ3n) is 5.40. The molecule has 1 unspecified atom stereocenters. The highest BCUT2D eigenvalue weighted by atomic mass is 32.2. The molecule has 3 heterocycles. The summed E-state index contributed by atoms with van der Waals surface area (Å²) in [5.74, 6) is 0.0248. The Morgan fingerprint density at radius 3 is 2.62 bits per heavy atom. The number of benzene rings is 1. The smallest absolute Gasteiger partial charge is 0.494 e. The van der Waals surface area contributed by atoms with Gasteiger partial charge in [0.2, 0.25) is 0 Å². The number of carbonyl (C=O) groups is 3. The second-order valence-corrected chi connectivity index (χ2v) is 8.67. The number of carbonyl (C=O) groups excluding carboxylic acids is 3. The third-order valence-corrected chi connectivity index (χ3v) is 6.69. The number of anilines is 1. The van der Waals surface area contributed by atoms with Crippen molar-refractivity contribution in [2.24, 2.45) is 5.92 Å². The normalized spacial score (nSPS) is 18.3. The lowest BCUT2D eigenvalue weighted by Crippen LogP contribution is -2.55. The molecule has 166 valence electrons. The molecule has 4 amide bonds. The Balaban J connectivity index is 1.63. The molecule has 1 aromatic carbocycles. The second-order valence-electron chi connectivity index (χ2n) is 7.44. The number of nitrogens with zero attached hydrogens (tertiary/aromatic N) is 2. The van der Waals surface area contributed by atoms with Gasteiger partial charge in [-0.05, 0) is 67.6 Å². The van der Waals surface area contributed by atoms with Crippen molar-refractivity contribution >= 4 is 40.3 Å². The summed E-state index contributed by atoms with van der Waals surface area (Å²) in [6, 6.07) is 9.74. The van der Waals surface area contributed by atoms with Crippen LogP contribution in [0.1, 0.15) is 26.5 Å². The number of thioether (sulfide) groups is 1. The topological polar surface area (TPSA) is 91.9 Å². The molecule has 0 saturated heterocycles. The van der Waals surface area contributed by atoms with E-state index in [4.69, 9.17) is 9.15 Å². The number of imide groups is 1. The summed E-state index contributed by atoms with van der Waals surface area (Å²) in [4.78, 5) is 41.5. The van der Waals surface area contributed by atoms with Crippen molar-refractivity contribution in [3.63, 3.8) is 0 Å². The number of hydrogen-bond acceptors (Lipinski definition) is 6. The average molecular weight is 455 g/mol. The first-order valence-electron chi connectivity index (χ1n) is 10.3. The van der Waals surface area contributed by atoms with Gasteiger partial charge in [0, 0.05) is 0 Å². The number of allylic oxidation sites excluding steroid dienone is 1. The Bertz CT molecular complexity index is 1120. The van der Waals surface area contributed by atoms with Gasteiger partial charge in [-0.25, -0.2) is 4.79 Å². The highest BCUT2D eigenvalue weighted by Crippen LogP contribution is 2.41. The summed E-state index contributed by atoms with van der Waals surface area (Å²) >= 11 is 1.37. The van der Waals surface area contributed by atoms with Crippen LogP contribution >= 0.6 is 11.8 Å². The Morgan fingerprint density at radius 1 is 1.22 bits per heavy atom. The minimum atomic E-state index is -0.581. The van der Waals surface area contributed by atoms with E-state index in [2.05, 4.69) is 5.32 Å². The molecule has 2 aromatic rings. The first-order chi connectivity index (χ1) is 15.4. The molecule has 4 rings (SSSR count). The summed E-state index contributed by atoms with van der Waals surface area (Å²) < 4.78 is 12.1. The molecule has 2 aliphatic heterocycles. The van der Waals surface area contributed by atoms with Crippen molar-refractivity contribution in [1.82, 2.24) is 5.32 Å². The molecule has 0 bridgehead atoms. The van der Waals surface area contributed by atoms with Crippen LogP contribution in [0.5, 0.6) is 5.75 Å². The highest BCUT2D eigenvalue weighted by Gasteiger charge is 2.53. The summed E-state index contributed by atoms with van der Waals surface area (Å²) in [5, 5.41) is 3.33. The predicted molar refractivity (Wildman–Crippen MR) is 121 cm³/mol. The van der Waals surface area contributed by atoms with Crippen LogP contribution in [-0.2, 0) is 16.1 Å². The largest absolute Gasteiger partial charge is 0.507 e. The lowest BCUT2D eigenvalue weighted by Gasteiger charge is -2.25. The van der Waals surface area contributed by atoms with Gasteiger partial charge in [0.25, 0.3) is 5.91 Å². The van der Waals surface area contributed by atoms with E-state index in [1.807, 2.05) is 20.8 Å². The molecule has 8 nitrogen and oxygen atoms in total. The second kappa shape index (κ2) is 9.04. The molecule has 0 saturated carbocycles. The molecule has 0 spiro atoms. The third kappa shape index (κ3) is 4.08. The maximum Gasteiger partial charge on any atom is 0.507 e. The van der Waals surface area contributed by atoms with Crippen molar-refractivity contribution in [2.75, 3.05) is 18.1 Å².